The van der Waals surface area contributed by atoms with Gasteiger partial charge in [-0.1, -0.05) is 35.9 Å². The summed E-state index contributed by atoms with van der Waals surface area (Å²) < 4.78 is 12.4. The van der Waals surface area contributed by atoms with Gasteiger partial charge in [0.2, 0.25) is 0 Å². The second-order valence-electron chi connectivity index (χ2n) is 6.55. The molecule has 0 fully saturated rings. The van der Waals surface area contributed by atoms with Crippen molar-refractivity contribution >= 4 is 28.5 Å². The van der Waals surface area contributed by atoms with Crippen molar-refractivity contribution in [2.45, 2.75) is 13.0 Å². The molecular formula is C21H20ClN5O2. The number of halogens is 1. The molecule has 0 aliphatic carbocycles. The number of nitrogen functional groups attached to an aromatic ring is 1. The van der Waals surface area contributed by atoms with Crippen molar-refractivity contribution in [2.75, 3.05) is 20.0 Å². The summed E-state index contributed by atoms with van der Waals surface area (Å²) in [6.07, 6.45) is 2.34. The summed E-state index contributed by atoms with van der Waals surface area (Å²) in [7, 11) is 3.21. The van der Waals surface area contributed by atoms with Crippen LogP contribution in [0.1, 0.15) is 17.0 Å². The predicted molar refractivity (Wildman–Crippen MR) is 113 cm³/mol. The highest BCUT2D eigenvalue weighted by molar-refractivity contribution is 6.31. The minimum absolute atomic E-state index is 0.399. The van der Waals surface area contributed by atoms with Gasteiger partial charge in [0.25, 0.3) is 0 Å². The van der Waals surface area contributed by atoms with E-state index >= 15 is 0 Å². The van der Waals surface area contributed by atoms with Gasteiger partial charge in [-0.3, -0.25) is 4.68 Å². The van der Waals surface area contributed by atoms with Gasteiger partial charge in [-0.05, 0) is 29.3 Å². The number of rotatable bonds is 6. The Labute approximate surface area is 173 Å². The molecule has 0 saturated carbocycles. The Bertz CT molecular complexity index is 1180. The van der Waals surface area contributed by atoms with Crippen molar-refractivity contribution in [2.24, 2.45) is 0 Å². The molecule has 2 aromatic carbocycles. The molecular weight excluding hydrogens is 390 g/mol. The van der Waals surface area contributed by atoms with E-state index in [2.05, 4.69) is 15.1 Å². The van der Waals surface area contributed by atoms with Crippen LogP contribution in [0, 0.1) is 0 Å². The monoisotopic (exact) mass is 409 g/mol. The number of aromatic nitrogens is 4. The first kappa shape index (κ1) is 19.0. The molecule has 7 nitrogen and oxygen atoms in total. The number of ether oxygens (including phenoxy) is 2. The lowest BCUT2D eigenvalue weighted by atomic mass is 10.1. The number of benzene rings is 2. The van der Waals surface area contributed by atoms with Crippen molar-refractivity contribution in [3.63, 3.8) is 0 Å². The molecule has 0 amide bonds. The van der Waals surface area contributed by atoms with E-state index in [1.54, 1.807) is 18.9 Å². The van der Waals surface area contributed by atoms with E-state index < -0.39 is 0 Å². The van der Waals surface area contributed by atoms with Gasteiger partial charge >= 0.3 is 0 Å². The van der Waals surface area contributed by atoms with Gasteiger partial charge in [0.15, 0.2) is 17.1 Å². The van der Waals surface area contributed by atoms with Gasteiger partial charge in [-0.25, -0.2) is 9.97 Å². The van der Waals surface area contributed by atoms with Crippen LogP contribution in [0.2, 0.25) is 5.02 Å². The van der Waals surface area contributed by atoms with Crippen LogP contribution < -0.4 is 15.2 Å². The molecule has 0 saturated heterocycles. The Balaban J connectivity index is 1.63. The topological polar surface area (TPSA) is 88.1 Å². The molecule has 0 spiro atoms. The number of anilines is 1. The van der Waals surface area contributed by atoms with E-state index in [0.717, 1.165) is 11.1 Å². The zero-order valence-electron chi connectivity index (χ0n) is 16.1. The SMILES string of the molecule is COc1ccc(Cc2nc(N)c3cn(Cc4ccccc4Cl)nc3n2)cc1OC. The van der Waals surface area contributed by atoms with E-state index in [1.165, 1.54) is 0 Å². The van der Waals surface area contributed by atoms with Crippen molar-refractivity contribution in [1.82, 2.24) is 19.7 Å². The number of nitrogens with zero attached hydrogens (tertiary/aromatic N) is 4. The normalized spacial score (nSPS) is 11.0. The number of nitrogens with two attached hydrogens (primary N) is 1. The molecule has 0 aliphatic heterocycles. The van der Waals surface area contributed by atoms with Crippen LogP contribution in [0.5, 0.6) is 11.5 Å². The van der Waals surface area contributed by atoms with Gasteiger partial charge < -0.3 is 15.2 Å². The van der Waals surface area contributed by atoms with Crippen molar-refractivity contribution in [3.05, 3.63) is 70.6 Å². The number of fused-ring (bicyclic) bond motifs is 1. The Morgan fingerprint density at radius 2 is 1.83 bits per heavy atom. The highest BCUT2D eigenvalue weighted by Crippen LogP contribution is 2.28. The summed E-state index contributed by atoms with van der Waals surface area (Å²) in [5, 5.41) is 5.97. The predicted octanol–water partition coefficient (Wildman–Crippen LogP) is 3.72. The second-order valence-corrected chi connectivity index (χ2v) is 6.95. The van der Waals surface area contributed by atoms with Gasteiger partial charge in [-0.15, -0.1) is 0 Å². The molecule has 0 atom stereocenters. The Kier molecular flexibility index (Phi) is 5.22. The highest BCUT2D eigenvalue weighted by atomic mass is 35.5. The van der Waals surface area contributed by atoms with Crippen molar-refractivity contribution in [3.8, 4) is 11.5 Å². The van der Waals surface area contributed by atoms with E-state index in [-0.39, 0.29) is 0 Å². The Hall–Kier alpha value is -3.32. The molecule has 8 heteroatoms. The molecule has 2 heterocycles. The first-order chi connectivity index (χ1) is 14.1. The molecule has 2 aromatic heterocycles. The maximum Gasteiger partial charge on any atom is 0.186 e. The molecule has 2 N–H and O–H groups in total. The Morgan fingerprint density at radius 3 is 2.59 bits per heavy atom. The van der Waals surface area contributed by atoms with Crippen LogP contribution in [0.25, 0.3) is 11.0 Å². The molecule has 4 rings (SSSR count). The van der Waals surface area contributed by atoms with Gasteiger partial charge in [0.1, 0.15) is 11.6 Å². The first-order valence-corrected chi connectivity index (χ1v) is 9.39. The summed E-state index contributed by atoms with van der Waals surface area (Å²) in [5.41, 5.74) is 8.68. The summed E-state index contributed by atoms with van der Waals surface area (Å²) in [4.78, 5) is 9.03. The maximum atomic E-state index is 6.25. The lowest BCUT2D eigenvalue weighted by Gasteiger charge is -2.09. The number of hydrogen-bond acceptors (Lipinski definition) is 6. The van der Waals surface area contributed by atoms with Gasteiger partial charge in [-0.2, -0.15) is 5.10 Å². The van der Waals surface area contributed by atoms with Crippen LogP contribution in [0.15, 0.2) is 48.7 Å². The highest BCUT2D eigenvalue weighted by Gasteiger charge is 2.12. The fourth-order valence-corrected chi connectivity index (χ4v) is 3.35. The van der Waals surface area contributed by atoms with Crippen LogP contribution in [-0.2, 0) is 13.0 Å². The van der Waals surface area contributed by atoms with E-state index in [4.69, 9.17) is 26.8 Å². The van der Waals surface area contributed by atoms with E-state index in [1.807, 2.05) is 48.7 Å². The minimum Gasteiger partial charge on any atom is -0.493 e. The minimum atomic E-state index is 0.399. The largest absolute Gasteiger partial charge is 0.493 e. The summed E-state index contributed by atoms with van der Waals surface area (Å²) in [6.45, 7) is 0.528. The van der Waals surface area contributed by atoms with Crippen LogP contribution in [-0.4, -0.2) is 34.0 Å². The average Bonchev–Trinajstić information content (AvgIpc) is 3.12. The van der Waals surface area contributed by atoms with Crippen LogP contribution in [0.3, 0.4) is 0 Å². The zero-order chi connectivity index (χ0) is 20.4. The second kappa shape index (κ2) is 7.97. The van der Waals surface area contributed by atoms with Gasteiger partial charge in [0.05, 0.1) is 26.2 Å². The molecule has 29 heavy (non-hydrogen) atoms. The number of methoxy groups -OCH3 is 2. The third kappa shape index (κ3) is 3.95. The molecule has 0 unspecified atom stereocenters. The summed E-state index contributed by atoms with van der Waals surface area (Å²) in [6, 6.07) is 13.4. The molecule has 0 bridgehead atoms. The zero-order valence-corrected chi connectivity index (χ0v) is 16.8. The molecule has 148 valence electrons. The standard InChI is InChI=1S/C21H20ClN5O2/c1-28-17-8-7-13(9-18(17)29-2)10-19-24-20(23)15-12-27(26-21(15)25-19)11-14-5-3-4-6-16(14)22/h3-9,12H,10-11H2,1-2H3,(H2,23,24,25,26). The van der Waals surface area contributed by atoms with Crippen molar-refractivity contribution < 1.29 is 9.47 Å². The third-order valence-corrected chi connectivity index (χ3v) is 4.97. The molecule has 0 aliphatic rings. The number of hydrogen-bond donors (Lipinski definition) is 1. The quantitative estimate of drug-likeness (QED) is 0.522. The van der Waals surface area contributed by atoms with E-state index in [9.17, 15) is 0 Å². The van der Waals surface area contributed by atoms with Crippen LogP contribution in [0.4, 0.5) is 5.82 Å². The molecule has 4 aromatic rings. The summed E-state index contributed by atoms with van der Waals surface area (Å²) in [5.74, 6) is 2.31. The van der Waals surface area contributed by atoms with Crippen LogP contribution >= 0.6 is 11.6 Å². The smallest absolute Gasteiger partial charge is 0.186 e. The summed E-state index contributed by atoms with van der Waals surface area (Å²) >= 11 is 6.25. The first-order valence-electron chi connectivity index (χ1n) is 9.01. The maximum absolute atomic E-state index is 6.25. The average molecular weight is 410 g/mol. The lowest BCUT2D eigenvalue weighted by molar-refractivity contribution is 0.354. The van der Waals surface area contributed by atoms with E-state index in [0.29, 0.717) is 52.2 Å². The van der Waals surface area contributed by atoms with Crippen molar-refractivity contribution in [1.29, 1.82) is 0 Å². The Morgan fingerprint density at radius 1 is 1.03 bits per heavy atom. The lowest BCUT2D eigenvalue weighted by Crippen LogP contribution is -2.02. The molecule has 0 radical (unpaired) electrons. The fourth-order valence-electron chi connectivity index (χ4n) is 3.16. The third-order valence-electron chi connectivity index (χ3n) is 4.60. The van der Waals surface area contributed by atoms with Gasteiger partial charge in [0, 0.05) is 17.6 Å². The fraction of sp³-hybridized carbons (Fsp3) is 0.190.